The van der Waals surface area contributed by atoms with Gasteiger partial charge in [-0.25, -0.2) is 4.39 Å². The maximum absolute atomic E-state index is 14.7. The number of nitrogens with zero attached hydrogens (tertiary/aromatic N) is 1. The van der Waals surface area contributed by atoms with Gasteiger partial charge in [0.15, 0.2) is 0 Å². The molecule has 3 N–H and O–H groups in total. The Morgan fingerprint density at radius 1 is 1.25 bits per heavy atom. The van der Waals surface area contributed by atoms with Crippen molar-refractivity contribution in [2.75, 3.05) is 6.54 Å². The second-order valence-electron chi connectivity index (χ2n) is 7.34. The van der Waals surface area contributed by atoms with Gasteiger partial charge in [-0.15, -0.1) is 0 Å². The Kier molecular flexibility index (Phi) is 7.43. The van der Waals surface area contributed by atoms with Gasteiger partial charge in [0.25, 0.3) is 11.5 Å². The maximum atomic E-state index is 14.7. The van der Waals surface area contributed by atoms with Crippen molar-refractivity contribution in [3.63, 3.8) is 0 Å². The lowest BCUT2D eigenvalue weighted by molar-refractivity contribution is 0.0952. The van der Waals surface area contributed by atoms with Crippen molar-refractivity contribution in [3.8, 4) is 0 Å². The fourth-order valence-electron chi connectivity index (χ4n) is 3.57. The Hall–Kier alpha value is -3.45. The van der Waals surface area contributed by atoms with E-state index in [1.165, 1.54) is 18.2 Å². The lowest BCUT2D eigenvalue weighted by Gasteiger charge is -2.21. The van der Waals surface area contributed by atoms with Crippen LogP contribution in [0, 0.1) is 12.7 Å². The first-order chi connectivity index (χ1) is 15.3. The van der Waals surface area contributed by atoms with Gasteiger partial charge in [0.05, 0.1) is 11.3 Å². The molecule has 1 atom stereocenters. The number of carbonyl (C=O) groups excluding carboxylic acids is 1. The third kappa shape index (κ3) is 5.06. The zero-order valence-electron chi connectivity index (χ0n) is 17.7. The molecule has 6 nitrogen and oxygen atoms in total. The van der Waals surface area contributed by atoms with Crippen LogP contribution in [0.2, 0.25) is 5.02 Å². The zero-order valence-corrected chi connectivity index (χ0v) is 18.4. The summed E-state index contributed by atoms with van der Waals surface area (Å²) in [6.45, 7) is 3.81. The van der Waals surface area contributed by atoms with Crippen molar-refractivity contribution in [2.24, 2.45) is 5.16 Å². The number of halogens is 2. The predicted octanol–water partition coefficient (Wildman–Crippen LogP) is 4.43. The molecule has 0 aliphatic rings. The predicted molar refractivity (Wildman–Crippen MR) is 122 cm³/mol. The van der Waals surface area contributed by atoms with Crippen LogP contribution in [-0.4, -0.2) is 28.4 Å². The topological polar surface area (TPSA) is 94.5 Å². The molecule has 32 heavy (non-hydrogen) atoms. The maximum Gasteiger partial charge on any atom is 0.254 e. The van der Waals surface area contributed by atoms with Crippen LogP contribution in [0.5, 0.6) is 0 Å². The van der Waals surface area contributed by atoms with Gasteiger partial charge >= 0.3 is 0 Å². The minimum atomic E-state index is -0.729. The first-order valence-electron chi connectivity index (χ1n) is 10.1. The molecule has 1 heterocycles. The van der Waals surface area contributed by atoms with E-state index in [9.17, 15) is 19.2 Å². The number of oxime groups is 1. The fourth-order valence-corrected chi connectivity index (χ4v) is 3.83. The number of benzene rings is 2. The first kappa shape index (κ1) is 23.2. The Morgan fingerprint density at radius 2 is 2.00 bits per heavy atom. The molecule has 1 amide bonds. The Balaban J connectivity index is 2.07. The molecule has 0 saturated carbocycles. The highest BCUT2D eigenvalue weighted by molar-refractivity contribution is 6.31. The van der Waals surface area contributed by atoms with Gasteiger partial charge in [0.1, 0.15) is 5.82 Å². The van der Waals surface area contributed by atoms with Crippen molar-refractivity contribution in [3.05, 3.63) is 104 Å². The highest BCUT2D eigenvalue weighted by Gasteiger charge is 2.25. The second kappa shape index (κ2) is 10.2. The Bertz CT molecular complexity index is 1220. The summed E-state index contributed by atoms with van der Waals surface area (Å²) < 4.78 is 14.7. The quantitative estimate of drug-likeness (QED) is 0.279. The summed E-state index contributed by atoms with van der Waals surface area (Å²) >= 11 is 6.44. The monoisotopic (exact) mass is 455 g/mol. The Labute approximate surface area is 189 Å². The largest absolute Gasteiger partial charge is 0.411 e. The molecule has 0 aliphatic heterocycles. The third-order valence-electron chi connectivity index (χ3n) is 5.15. The van der Waals surface area contributed by atoms with Gasteiger partial charge < -0.3 is 15.5 Å². The molecule has 3 rings (SSSR count). The summed E-state index contributed by atoms with van der Waals surface area (Å²) in [5, 5.41) is 16.4. The lowest BCUT2D eigenvalue weighted by Crippen LogP contribution is -2.24. The molecule has 1 unspecified atom stereocenters. The van der Waals surface area contributed by atoms with E-state index in [1.807, 2.05) is 0 Å². The first-order valence-corrected chi connectivity index (χ1v) is 10.5. The van der Waals surface area contributed by atoms with E-state index in [4.69, 9.17) is 11.6 Å². The van der Waals surface area contributed by atoms with Gasteiger partial charge in [0, 0.05) is 34.8 Å². The molecule has 166 valence electrons. The van der Waals surface area contributed by atoms with E-state index in [0.29, 0.717) is 34.7 Å². The zero-order chi connectivity index (χ0) is 23.3. The standard InChI is InChI=1S/C24H23ClFN3O3/c1-3-27-24(31)18-9-8-16(12-21(18)26)22(29-32)19(17-6-4-5-7-20(17)25)11-15-10-14(2)23(30)28-13-15/h4-10,12-13,19,32H,3,11H2,1-2H3,(H,27,31)(H,28,30)/b29-22-. The van der Waals surface area contributed by atoms with E-state index in [-0.39, 0.29) is 16.8 Å². The van der Waals surface area contributed by atoms with Gasteiger partial charge in [-0.05, 0) is 55.7 Å². The van der Waals surface area contributed by atoms with Crippen molar-refractivity contribution in [1.82, 2.24) is 10.3 Å². The molecule has 2 aromatic carbocycles. The number of aryl methyl sites for hydroxylation is 1. The normalized spacial score (nSPS) is 12.4. The summed E-state index contributed by atoms with van der Waals surface area (Å²) in [6.07, 6.45) is 1.92. The highest BCUT2D eigenvalue weighted by Crippen LogP contribution is 2.31. The summed E-state index contributed by atoms with van der Waals surface area (Å²) in [7, 11) is 0. The number of carbonyl (C=O) groups is 1. The molecule has 0 fully saturated rings. The van der Waals surface area contributed by atoms with Crippen LogP contribution in [-0.2, 0) is 6.42 Å². The number of H-pyrrole nitrogens is 1. The van der Waals surface area contributed by atoms with Gasteiger partial charge in [0.2, 0.25) is 0 Å². The van der Waals surface area contributed by atoms with Crippen LogP contribution in [0.3, 0.4) is 0 Å². The fraction of sp³-hybridized carbons (Fsp3) is 0.208. The number of nitrogens with one attached hydrogen (secondary N) is 2. The van der Waals surface area contributed by atoms with Gasteiger partial charge in [-0.2, -0.15) is 0 Å². The molecule has 3 aromatic rings. The third-order valence-corrected chi connectivity index (χ3v) is 5.50. The summed E-state index contributed by atoms with van der Waals surface area (Å²) in [6, 6.07) is 12.9. The minimum absolute atomic E-state index is 0.0987. The molecular weight excluding hydrogens is 433 g/mol. The molecule has 0 aliphatic carbocycles. The van der Waals surface area contributed by atoms with E-state index >= 15 is 0 Å². The minimum Gasteiger partial charge on any atom is -0.411 e. The number of aromatic nitrogens is 1. The van der Waals surface area contributed by atoms with Crippen LogP contribution >= 0.6 is 11.6 Å². The van der Waals surface area contributed by atoms with Crippen molar-refractivity contribution < 1.29 is 14.4 Å². The van der Waals surface area contributed by atoms with E-state index in [0.717, 1.165) is 5.56 Å². The van der Waals surface area contributed by atoms with Crippen molar-refractivity contribution in [2.45, 2.75) is 26.2 Å². The summed E-state index contributed by atoms with van der Waals surface area (Å²) in [5.74, 6) is -1.80. The molecule has 8 heteroatoms. The highest BCUT2D eigenvalue weighted by atomic mass is 35.5. The molecule has 0 bridgehead atoms. The van der Waals surface area contributed by atoms with Crippen molar-refractivity contribution in [1.29, 1.82) is 0 Å². The van der Waals surface area contributed by atoms with Crippen LogP contribution < -0.4 is 10.9 Å². The van der Waals surface area contributed by atoms with Crippen LogP contribution in [0.25, 0.3) is 0 Å². The number of amides is 1. The van der Waals surface area contributed by atoms with Crippen LogP contribution in [0.1, 0.15) is 45.5 Å². The average molecular weight is 456 g/mol. The Morgan fingerprint density at radius 3 is 2.62 bits per heavy atom. The summed E-state index contributed by atoms with van der Waals surface area (Å²) in [4.78, 5) is 26.5. The number of hydrogen-bond donors (Lipinski definition) is 3. The number of pyridine rings is 1. The second-order valence-corrected chi connectivity index (χ2v) is 7.74. The van der Waals surface area contributed by atoms with Gasteiger partial charge in [-0.3, -0.25) is 9.59 Å². The van der Waals surface area contributed by atoms with E-state index in [2.05, 4.69) is 15.5 Å². The smallest absolute Gasteiger partial charge is 0.254 e. The van der Waals surface area contributed by atoms with Crippen LogP contribution in [0.4, 0.5) is 4.39 Å². The lowest BCUT2D eigenvalue weighted by atomic mass is 9.84. The number of aromatic amines is 1. The van der Waals surface area contributed by atoms with Crippen molar-refractivity contribution >= 4 is 23.2 Å². The molecule has 0 radical (unpaired) electrons. The van der Waals surface area contributed by atoms with E-state index < -0.39 is 17.6 Å². The molecule has 0 saturated heterocycles. The summed E-state index contributed by atoms with van der Waals surface area (Å²) in [5.41, 5.74) is 2.21. The van der Waals surface area contributed by atoms with E-state index in [1.54, 1.807) is 50.4 Å². The number of rotatable bonds is 7. The van der Waals surface area contributed by atoms with Gasteiger partial charge in [-0.1, -0.05) is 41.0 Å². The molecule has 0 spiro atoms. The molecular formula is C24H23ClFN3O3. The number of hydrogen-bond acceptors (Lipinski definition) is 4. The molecule has 1 aromatic heterocycles. The SMILES string of the molecule is CCNC(=O)c1ccc(/C(=N/O)C(Cc2c[nH]c(=O)c(C)c2)c2ccccc2Cl)cc1F. The van der Waals surface area contributed by atoms with Crippen LogP contribution in [0.15, 0.2) is 64.7 Å². The average Bonchev–Trinajstić information content (AvgIpc) is 2.77.